The molecule has 6 nitrogen and oxygen atoms in total. The number of nitrogens with zero attached hydrogens (tertiary/aromatic N) is 4. The summed E-state index contributed by atoms with van der Waals surface area (Å²) >= 11 is 0. The zero-order valence-corrected chi connectivity index (χ0v) is 9.77. The summed E-state index contributed by atoms with van der Waals surface area (Å²) in [6.07, 6.45) is 1.92. The Morgan fingerprint density at radius 3 is 2.94 bits per heavy atom. The lowest BCUT2D eigenvalue weighted by molar-refractivity contribution is 0.364. The zero-order chi connectivity index (χ0) is 12.3. The smallest absolute Gasteiger partial charge is 0.240 e. The molecule has 2 heterocycles. The Labute approximate surface area is 98.9 Å². The lowest BCUT2D eigenvalue weighted by atomic mass is 10.3. The highest BCUT2D eigenvalue weighted by molar-refractivity contribution is 5.28. The lowest BCUT2D eigenvalue weighted by Gasteiger charge is -1.97. The maximum atomic E-state index is 8.81. The minimum absolute atomic E-state index is 0.525. The fourth-order valence-corrected chi connectivity index (χ4v) is 1.57. The van der Waals surface area contributed by atoms with Crippen molar-refractivity contribution in [3.05, 3.63) is 35.2 Å². The van der Waals surface area contributed by atoms with E-state index in [1.807, 2.05) is 19.3 Å². The molecule has 0 aromatic carbocycles. The van der Waals surface area contributed by atoms with Crippen LogP contribution in [0.25, 0.3) is 0 Å². The summed E-state index contributed by atoms with van der Waals surface area (Å²) < 4.78 is 6.77. The van der Waals surface area contributed by atoms with E-state index in [4.69, 9.17) is 9.78 Å². The van der Waals surface area contributed by atoms with E-state index in [1.54, 1.807) is 11.5 Å². The van der Waals surface area contributed by atoms with Gasteiger partial charge in [0.2, 0.25) is 5.89 Å². The van der Waals surface area contributed by atoms with Gasteiger partial charge in [-0.3, -0.25) is 0 Å². The van der Waals surface area contributed by atoms with Gasteiger partial charge >= 0.3 is 0 Å². The van der Waals surface area contributed by atoms with Crippen LogP contribution in [-0.2, 0) is 20.1 Å². The first-order valence-corrected chi connectivity index (χ1v) is 5.24. The average Bonchev–Trinajstić information content (AvgIpc) is 2.85. The van der Waals surface area contributed by atoms with E-state index in [0.717, 1.165) is 5.56 Å². The minimum atomic E-state index is 0.525. The van der Waals surface area contributed by atoms with Gasteiger partial charge in [-0.1, -0.05) is 5.16 Å². The van der Waals surface area contributed by atoms with Gasteiger partial charge in [0.1, 0.15) is 11.8 Å². The molecule has 0 unspecified atom stereocenters. The molecule has 6 heteroatoms. The number of aryl methyl sites for hydroxylation is 2. The van der Waals surface area contributed by atoms with Crippen LogP contribution < -0.4 is 5.32 Å². The summed E-state index contributed by atoms with van der Waals surface area (Å²) in [6, 6.07) is 3.97. The topological polar surface area (TPSA) is 79.7 Å². The first-order chi connectivity index (χ1) is 8.19. The van der Waals surface area contributed by atoms with Gasteiger partial charge in [0.15, 0.2) is 5.82 Å². The second kappa shape index (κ2) is 4.80. The molecule has 0 amide bonds. The van der Waals surface area contributed by atoms with Crippen LogP contribution in [0, 0.1) is 18.3 Å². The summed E-state index contributed by atoms with van der Waals surface area (Å²) in [5.74, 6) is 1.20. The van der Waals surface area contributed by atoms with Crippen molar-refractivity contribution in [2.75, 3.05) is 0 Å². The molecule has 0 saturated carbocycles. The van der Waals surface area contributed by atoms with Crippen LogP contribution in [0.3, 0.4) is 0 Å². The van der Waals surface area contributed by atoms with E-state index >= 15 is 0 Å². The van der Waals surface area contributed by atoms with E-state index in [9.17, 15) is 0 Å². The predicted molar refractivity (Wildman–Crippen MR) is 59.7 cm³/mol. The van der Waals surface area contributed by atoms with E-state index in [0.29, 0.717) is 30.5 Å². The standard InChI is InChI=1S/C11H13N5O/c1-8-14-11(17-15-8)6-13-5-9-3-10(4-12)16(2)7-9/h3,7,13H,5-6H2,1-2H3. The molecule has 2 rings (SSSR count). The van der Waals surface area contributed by atoms with Crippen molar-refractivity contribution >= 4 is 0 Å². The van der Waals surface area contributed by atoms with Crippen molar-refractivity contribution < 1.29 is 4.52 Å². The fourth-order valence-electron chi connectivity index (χ4n) is 1.57. The number of aromatic nitrogens is 3. The van der Waals surface area contributed by atoms with Gasteiger partial charge in [-0.05, 0) is 18.6 Å². The van der Waals surface area contributed by atoms with Crippen LogP contribution in [0.1, 0.15) is 23.0 Å². The highest BCUT2D eigenvalue weighted by atomic mass is 16.5. The summed E-state index contributed by atoms with van der Waals surface area (Å²) in [5.41, 5.74) is 1.70. The molecule has 17 heavy (non-hydrogen) atoms. The first-order valence-electron chi connectivity index (χ1n) is 5.24. The second-order valence-electron chi connectivity index (χ2n) is 3.80. The molecule has 0 bridgehead atoms. The molecule has 0 radical (unpaired) electrons. The SMILES string of the molecule is Cc1noc(CNCc2cc(C#N)n(C)c2)n1. The molecule has 0 fully saturated rings. The largest absolute Gasteiger partial charge is 0.342 e. The maximum absolute atomic E-state index is 8.81. The van der Waals surface area contributed by atoms with Crippen LogP contribution in [0.2, 0.25) is 0 Å². The Morgan fingerprint density at radius 2 is 2.35 bits per heavy atom. The van der Waals surface area contributed by atoms with Gasteiger partial charge in [0.05, 0.1) is 6.54 Å². The third kappa shape index (κ3) is 2.71. The van der Waals surface area contributed by atoms with Gasteiger partial charge in [-0.15, -0.1) is 0 Å². The number of nitriles is 1. The van der Waals surface area contributed by atoms with E-state index in [2.05, 4.69) is 21.5 Å². The summed E-state index contributed by atoms with van der Waals surface area (Å²) in [5, 5.41) is 15.7. The van der Waals surface area contributed by atoms with Crippen molar-refractivity contribution in [2.45, 2.75) is 20.0 Å². The maximum Gasteiger partial charge on any atom is 0.240 e. The Morgan fingerprint density at radius 1 is 1.53 bits per heavy atom. The average molecular weight is 231 g/mol. The van der Waals surface area contributed by atoms with Crippen molar-refractivity contribution in [1.29, 1.82) is 5.26 Å². The molecular weight excluding hydrogens is 218 g/mol. The molecule has 88 valence electrons. The molecule has 0 aliphatic rings. The third-order valence-electron chi connectivity index (χ3n) is 2.35. The number of nitrogens with one attached hydrogen (secondary N) is 1. The number of hydrogen-bond donors (Lipinski definition) is 1. The predicted octanol–water partition coefficient (Wildman–Crippen LogP) is 0.878. The molecule has 0 spiro atoms. The minimum Gasteiger partial charge on any atom is -0.342 e. The van der Waals surface area contributed by atoms with Gasteiger partial charge in [0, 0.05) is 19.8 Å². The lowest BCUT2D eigenvalue weighted by Crippen LogP contribution is -2.12. The van der Waals surface area contributed by atoms with Gasteiger partial charge in [-0.2, -0.15) is 10.2 Å². The van der Waals surface area contributed by atoms with Crippen LogP contribution in [-0.4, -0.2) is 14.7 Å². The number of hydrogen-bond acceptors (Lipinski definition) is 5. The molecule has 1 N–H and O–H groups in total. The Kier molecular flexibility index (Phi) is 3.21. The molecular formula is C11H13N5O. The summed E-state index contributed by atoms with van der Waals surface area (Å²) in [7, 11) is 1.85. The molecule has 0 aliphatic heterocycles. The fraction of sp³-hybridized carbons (Fsp3) is 0.364. The summed E-state index contributed by atoms with van der Waals surface area (Å²) in [6.45, 7) is 2.97. The summed E-state index contributed by atoms with van der Waals surface area (Å²) in [4.78, 5) is 4.08. The van der Waals surface area contributed by atoms with Crippen LogP contribution in [0.5, 0.6) is 0 Å². The second-order valence-corrected chi connectivity index (χ2v) is 3.80. The van der Waals surface area contributed by atoms with Gasteiger partial charge in [0.25, 0.3) is 0 Å². The normalized spacial score (nSPS) is 10.4. The molecule has 0 aliphatic carbocycles. The van der Waals surface area contributed by atoms with Crippen LogP contribution in [0.15, 0.2) is 16.8 Å². The first kappa shape index (κ1) is 11.4. The molecule has 2 aromatic heterocycles. The van der Waals surface area contributed by atoms with Crippen LogP contribution in [0.4, 0.5) is 0 Å². The Bertz CT molecular complexity index is 548. The third-order valence-corrected chi connectivity index (χ3v) is 2.35. The van der Waals surface area contributed by atoms with Crippen LogP contribution >= 0.6 is 0 Å². The van der Waals surface area contributed by atoms with E-state index in [1.165, 1.54) is 0 Å². The van der Waals surface area contributed by atoms with Gasteiger partial charge in [-0.25, -0.2) is 0 Å². The number of rotatable bonds is 4. The highest BCUT2D eigenvalue weighted by Gasteiger charge is 2.04. The van der Waals surface area contributed by atoms with Gasteiger partial charge < -0.3 is 14.4 Å². The molecule has 0 saturated heterocycles. The van der Waals surface area contributed by atoms with E-state index in [-0.39, 0.29) is 0 Å². The monoisotopic (exact) mass is 231 g/mol. The van der Waals surface area contributed by atoms with Crippen molar-refractivity contribution in [3.63, 3.8) is 0 Å². The Hall–Kier alpha value is -2.13. The Balaban J connectivity index is 1.88. The van der Waals surface area contributed by atoms with Crippen molar-refractivity contribution in [1.82, 2.24) is 20.0 Å². The van der Waals surface area contributed by atoms with Crippen molar-refractivity contribution in [3.8, 4) is 6.07 Å². The molecule has 2 aromatic rings. The quantitative estimate of drug-likeness (QED) is 0.844. The molecule has 0 atom stereocenters. The zero-order valence-electron chi connectivity index (χ0n) is 9.77. The highest BCUT2D eigenvalue weighted by Crippen LogP contribution is 2.06. The van der Waals surface area contributed by atoms with E-state index < -0.39 is 0 Å². The van der Waals surface area contributed by atoms with Crippen molar-refractivity contribution in [2.24, 2.45) is 7.05 Å².